The predicted octanol–water partition coefficient (Wildman–Crippen LogP) is 4.54. The molecule has 0 fully saturated rings. The predicted molar refractivity (Wildman–Crippen MR) is 93.3 cm³/mol. The molecular formula is C18H17IO. The van der Waals surface area contributed by atoms with E-state index in [4.69, 9.17) is 0 Å². The van der Waals surface area contributed by atoms with Crippen molar-refractivity contribution in [1.29, 1.82) is 0 Å². The Morgan fingerprint density at radius 1 is 1.15 bits per heavy atom. The summed E-state index contributed by atoms with van der Waals surface area (Å²) in [5.41, 5.74) is 2.74. The molecule has 1 aromatic carbocycles. The van der Waals surface area contributed by atoms with Crippen LogP contribution in [0.15, 0.2) is 29.8 Å². The van der Waals surface area contributed by atoms with Crippen LogP contribution in [0.1, 0.15) is 36.8 Å². The summed E-state index contributed by atoms with van der Waals surface area (Å²) < 4.78 is 2.85. The molecule has 1 nitrogen and oxygen atoms in total. The number of rotatable bonds is 5. The quantitative estimate of drug-likeness (QED) is 0.243. The van der Waals surface area contributed by atoms with Gasteiger partial charge in [-0.15, -0.1) is 0 Å². The largest absolute Gasteiger partial charge is 0.297 e. The molecule has 0 aliphatic heterocycles. The number of hydrogen-bond acceptors (Lipinski definition) is 1. The lowest BCUT2D eigenvalue weighted by atomic mass is 10.1. The molecule has 0 radical (unpaired) electrons. The van der Waals surface area contributed by atoms with Gasteiger partial charge >= 0.3 is 0 Å². The first-order valence-corrected chi connectivity index (χ1v) is 7.65. The second-order valence-corrected chi connectivity index (χ2v) is 4.95. The number of halogens is 1. The maximum Gasteiger partial charge on any atom is 0.158 e. The minimum Gasteiger partial charge on any atom is -0.297 e. The van der Waals surface area contributed by atoms with Crippen LogP contribution in [-0.4, -0.2) is 6.29 Å². The fraction of sp³-hybridized carbons (Fsp3) is 0.278. The first-order valence-electron chi connectivity index (χ1n) is 6.57. The highest BCUT2D eigenvalue weighted by molar-refractivity contribution is 14.1. The average molecular weight is 376 g/mol. The van der Waals surface area contributed by atoms with Crippen molar-refractivity contribution in [2.75, 3.05) is 0 Å². The number of carbonyl (C=O) groups is 1. The van der Waals surface area contributed by atoms with E-state index in [0.717, 1.165) is 37.5 Å². The summed E-state index contributed by atoms with van der Waals surface area (Å²) in [6, 6.07) is 8.03. The van der Waals surface area contributed by atoms with Gasteiger partial charge in [0.2, 0.25) is 0 Å². The molecule has 0 amide bonds. The minimum absolute atomic E-state index is 0.529. The Balaban J connectivity index is 2.52. The molecule has 0 atom stereocenters. The smallest absolute Gasteiger partial charge is 0.158 e. The number of aryl methyl sites for hydroxylation is 1. The van der Waals surface area contributed by atoms with Crippen molar-refractivity contribution in [3.8, 4) is 21.7 Å². The monoisotopic (exact) mass is 376 g/mol. The van der Waals surface area contributed by atoms with Crippen LogP contribution < -0.4 is 0 Å². The fourth-order valence-electron chi connectivity index (χ4n) is 1.58. The Kier molecular flexibility index (Phi) is 8.51. The molecule has 0 aliphatic carbocycles. The summed E-state index contributed by atoms with van der Waals surface area (Å²) in [4.78, 5) is 11.0. The molecule has 1 rings (SSSR count). The second kappa shape index (κ2) is 10.3. The van der Waals surface area contributed by atoms with E-state index in [2.05, 4.69) is 21.7 Å². The van der Waals surface area contributed by atoms with Gasteiger partial charge in [-0.1, -0.05) is 47.6 Å². The van der Waals surface area contributed by atoms with E-state index >= 15 is 0 Å². The topological polar surface area (TPSA) is 17.1 Å². The van der Waals surface area contributed by atoms with Gasteiger partial charge in [0, 0.05) is 35.4 Å². The zero-order chi connectivity index (χ0) is 14.6. The summed E-state index contributed by atoms with van der Waals surface area (Å²) in [7, 11) is 0. The van der Waals surface area contributed by atoms with Gasteiger partial charge in [0.25, 0.3) is 0 Å². The molecule has 0 spiro atoms. The van der Waals surface area contributed by atoms with Crippen molar-refractivity contribution in [2.45, 2.75) is 32.6 Å². The molecule has 1 aromatic rings. The molecule has 102 valence electrons. The van der Waals surface area contributed by atoms with Gasteiger partial charge in [0.05, 0.1) is 5.57 Å². The molecule has 0 saturated heterocycles. The van der Waals surface area contributed by atoms with E-state index in [-0.39, 0.29) is 0 Å². The van der Waals surface area contributed by atoms with Crippen LogP contribution in [0.5, 0.6) is 0 Å². The van der Waals surface area contributed by atoms with Crippen molar-refractivity contribution < 1.29 is 4.79 Å². The van der Waals surface area contributed by atoms with Crippen molar-refractivity contribution in [1.82, 2.24) is 0 Å². The lowest BCUT2D eigenvalue weighted by molar-refractivity contribution is -0.104. The Bertz CT molecular complexity index is 574. The summed E-state index contributed by atoms with van der Waals surface area (Å²) in [6.07, 6.45) is 6.44. The molecular weight excluding hydrogens is 359 g/mol. The van der Waals surface area contributed by atoms with Gasteiger partial charge in [-0.2, -0.15) is 0 Å². The number of allylic oxidation sites excluding steroid dienone is 1. The van der Waals surface area contributed by atoms with Crippen LogP contribution in [-0.2, 0) is 4.79 Å². The molecule has 0 heterocycles. The third-order valence-electron chi connectivity index (χ3n) is 2.68. The third-order valence-corrected chi connectivity index (χ3v) is 3.06. The van der Waals surface area contributed by atoms with Crippen molar-refractivity contribution >= 4 is 35.0 Å². The van der Waals surface area contributed by atoms with E-state index in [9.17, 15) is 4.79 Å². The maximum atomic E-state index is 11.0. The zero-order valence-electron chi connectivity index (χ0n) is 11.6. The summed E-state index contributed by atoms with van der Waals surface area (Å²) >= 11 is 2.05. The van der Waals surface area contributed by atoms with E-state index in [0.29, 0.717) is 5.57 Å². The SMILES string of the molecule is Cc1ccc(/C=C(\C#CCCCCC#CI)C=O)cc1. The van der Waals surface area contributed by atoms with Gasteiger partial charge in [0.15, 0.2) is 6.29 Å². The van der Waals surface area contributed by atoms with Crippen molar-refractivity contribution in [2.24, 2.45) is 0 Å². The highest BCUT2D eigenvalue weighted by Crippen LogP contribution is 2.07. The number of aldehydes is 1. The third kappa shape index (κ3) is 7.16. The van der Waals surface area contributed by atoms with Crippen LogP contribution in [0.25, 0.3) is 6.08 Å². The normalized spacial score (nSPS) is 10.0. The second-order valence-electron chi connectivity index (χ2n) is 4.41. The van der Waals surface area contributed by atoms with E-state index in [1.165, 1.54) is 5.56 Å². The highest BCUT2D eigenvalue weighted by Gasteiger charge is 1.92. The van der Waals surface area contributed by atoms with Gasteiger partial charge in [-0.25, -0.2) is 0 Å². The number of unbranched alkanes of at least 4 members (excludes halogenated alkanes) is 3. The maximum absolute atomic E-state index is 11.0. The Morgan fingerprint density at radius 2 is 1.80 bits per heavy atom. The fourth-order valence-corrected chi connectivity index (χ4v) is 1.85. The molecule has 0 bridgehead atoms. The Hall–Kier alpha value is -1.52. The van der Waals surface area contributed by atoms with Crippen molar-refractivity contribution in [3.63, 3.8) is 0 Å². The minimum atomic E-state index is 0.529. The summed E-state index contributed by atoms with van der Waals surface area (Å²) in [5.74, 6) is 8.99. The van der Waals surface area contributed by atoms with Crippen LogP contribution in [0, 0.1) is 28.6 Å². The van der Waals surface area contributed by atoms with Gasteiger partial charge in [-0.3, -0.25) is 4.79 Å². The van der Waals surface area contributed by atoms with Crippen LogP contribution in [0.3, 0.4) is 0 Å². The molecule has 0 N–H and O–H groups in total. The standard InChI is InChI=1S/C18H17IO/c1-16-9-11-17(12-10-16)14-18(15-20)8-6-4-2-3-5-7-13-19/h9-12,14-15H,2-5H2,1H3/b18-14+. The van der Waals surface area contributed by atoms with Gasteiger partial charge < -0.3 is 0 Å². The Labute approximate surface area is 135 Å². The molecule has 0 aromatic heterocycles. The van der Waals surface area contributed by atoms with Crippen molar-refractivity contribution in [3.05, 3.63) is 41.0 Å². The molecule has 0 aliphatic rings. The van der Waals surface area contributed by atoms with Crippen LogP contribution in [0.4, 0.5) is 0 Å². The highest BCUT2D eigenvalue weighted by atomic mass is 127. The Morgan fingerprint density at radius 3 is 2.40 bits per heavy atom. The lowest BCUT2D eigenvalue weighted by Gasteiger charge is -1.95. The first kappa shape index (κ1) is 16.5. The number of benzene rings is 1. The molecule has 0 saturated carbocycles. The zero-order valence-corrected chi connectivity index (χ0v) is 13.7. The van der Waals surface area contributed by atoms with Gasteiger partial charge in [0.1, 0.15) is 0 Å². The van der Waals surface area contributed by atoms with Gasteiger partial charge in [-0.05, 0) is 35.3 Å². The average Bonchev–Trinajstić information content (AvgIpc) is 2.47. The summed E-state index contributed by atoms with van der Waals surface area (Å²) in [5, 5.41) is 0. The van der Waals surface area contributed by atoms with E-state index in [1.807, 2.05) is 59.9 Å². The molecule has 2 heteroatoms. The molecule has 20 heavy (non-hydrogen) atoms. The summed E-state index contributed by atoms with van der Waals surface area (Å²) in [6.45, 7) is 2.04. The van der Waals surface area contributed by atoms with Crippen LogP contribution in [0.2, 0.25) is 0 Å². The van der Waals surface area contributed by atoms with E-state index in [1.54, 1.807) is 0 Å². The van der Waals surface area contributed by atoms with Crippen LogP contribution >= 0.6 is 22.6 Å². The first-order chi connectivity index (χ1) is 9.76. The lowest BCUT2D eigenvalue weighted by Crippen LogP contribution is -1.82. The van der Waals surface area contributed by atoms with E-state index < -0.39 is 0 Å². The number of carbonyl (C=O) groups excluding carboxylic acids is 1. The number of hydrogen-bond donors (Lipinski definition) is 0. The molecule has 0 unspecified atom stereocenters.